The molecule has 1 aromatic rings. The Morgan fingerprint density at radius 3 is 2.70 bits per heavy atom. The zero-order chi connectivity index (χ0) is 15.1. The third kappa shape index (κ3) is 4.81. The maximum Gasteiger partial charge on any atom is 0.305 e. The van der Waals surface area contributed by atoms with E-state index in [-0.39, 0.29) is 11.9 Å². The number of amides is 1. The van der Waals surface area contributed by atoms with Crippen molar-refractivity contribution in [3.05, 3.63) is 28.5 Å². The average molecular weight is 299 g/mol. The second-order valence-corrected chi connectivity index (χ2v) is 4.82. The number of aromatic nitrogens is 1. The molecule has 1 amide bonds. The second-order valence-electron chi connectivity index (χ2n) is 4.43. The summed E-state index contributed by atoms with van der Waals surface area (Å²) >= 11 is 5.90. The van der Waals surface area contributed by atoms with Gasteiger partial charge in [-0.25, -0.2) is 4.98 Å². The lowest BCUT2D eigenvalue weighted by molar-refractivity contribution is -0.140. The van der Waals surface area contributed by atoms with Gasteiger partial charge in [0, 0.05) is 31.3 Å². The highest BCUT2D eigenvalue weighted by Crippen LogP contribution is 2.13. The van der Waals surface area contributed by atoms with E-state index >= 15 is 0 Å². The smallest absolute Gasteiger partial charge is 0.305 e. The number of methoxy groups -OCH3 is 1. The minimum atomic E-state index is -0.272. The van der Waals surface area contributed by atoms with Crippen LogP contribution in [-0.2, 0) is 16.0 Å². The van der Waals surface area contributed by atoms with Crippen LogP contribution in [0, 0.1) is 0 Å². The van der Waals surface area contributed by atoms with Crippen molar-refractivity contribution < 1.29 is 14.3 Å². The van der Waals surface area contributed by atoms with Crippen molar-refractivity contribution in [2.24, 2.45) is 0 Å². The second kappa shape index (κ2) is 7.85. The molecule has 5 nitrogen and oxygen atoms in total. The Morgan fingerprint density at radius 2 is 2.10 bits per heavy atom. The van der Waals surface area contributed by atoms with E-state index < -0.39 is 0 Å². The fraction of sp³-hybridized carbons (Fsp3) is 0.500. The molecule has 1 aromatic heterocycles. The van der Waals surface area contributed by atoms with Gasteiger partial charge in [-0.15, -0.1) is 0 Å². The molecule has 1 heterocycles. The fourth-order valence-electron chi connectivity index (χ4n) is 1.74. The first-order valence-corrected chi connectivity index (χ1v) is 6.84. The Bertz CT molecular complexity index is 491. The van der Waals surface area contributed by atoms with Crippen molar-refractivity contribution in [1.29, 1.82) is 0 Å². The number of carbonyl (C=O) groups is 2. The molecule has 20 heavy (non-hydrogen) atoms. The lowest BCUT2D eigenvalue weighted by atomic mass is 10.1. The lowest BCUT2D eigenvalue weighted by Gasteiger charge is -2.17. The van der Waals surface area contributed by atoms with Crippen LogP contribution >= 0.6 is 11.6 Å². The van der Waals surface area contributed by atoms with Crippen molar-refractivity contribution in [2.75, 3.05) is 20.7 Å². The van der Waals surface area contributed by atoms with Crippen molar-refractivity contribution in [1.82, 2.24) is 9.88 Å². The molecule has 0 saturated carbocycles. The average Bonchev–Trinajstić information content (AvgIpc) is 2.45. The molecule has 110 valence electrons. The molecule has 0 radical (unpaired) electrons. The monoisotopic (exact) mass is 298 g/mol. The summed E-state index contributed by atoms with van der Waals surface area (Å²) in [4.78, 5) is 28.9. The molecule has 6 heteroatoms. The quantitative estimate of drug-likeness (QED) is 0.597. The van der Waals surface area contributed by atoms with Gasteiger partial charge in [-0.2, -0.15) is 0 Å². The summed E-state index contributed by atoms with van der Waals surface area (Å²) < 4.78 is 4.56. The summed E-state index contributed by atoms with van der Waals surface area (Å²) in [6.45, 7) is 2.43. The van der Waals surface area contributed by atoms with E-state index in [2.05, 4.69) is 9.72 Å². The third-order valence-corrected chi connectivity index (χ3v) is 3.10. The maximum absolute atomic E-state index is 12.2. The van der Waals surface area contributed by atoms with Gasteiger partial charge < -0.3 is 9.64 Å². The lowest BCUT2D eigenvalue weighted by Crippen LogP contribution is -2.28. The summed E-state index contributed by atoms with van der Waals surface area (Å²) in [6.07, 6.45) is 1.58. The molecule has 0 unspecified atom stereocenters. The van der Waals surface area contributed by atoms with Gasteiger partial charge in [0.2, 0.25) is 0 Å². The van der Waals surface area contributed by atoms with Crippen molar-refractivity contribution in [2.45, 2.75) is 26.2 Å². The van der Waals surface area contributed by atoms with Gasteiger partial charge in [0.1, 0.15) is 5.15 Å². The number of halogens is 1. The fourth-order valence-corrected chi connectivity index (χ4v) is 1.97. The summed E-state index contributed by atoms with van der Waals surface area (Å²) in [5.74, 6) is -0.403. The highest BCUT2D eigenvalue weighted by atomic mass is 35.5. The summed E-state index contributed by atoms with van der Waals surface area (Å²) in [5, 5.41) is 0.315. The standard InChI is InChI=1S/C14H19ClN2O3/c1-4-11-8-10(9-12(15)16-11)14(19)17(2)7-5-6-13(18)20-3/h8-9H,4-7H2,1-3H3. The van der Waals surface area contributed by atoms with Crippen LogP contribution in [0.1, 0.15) is 35.8 Å². The molecule has 0 aliphatic rings. The first-order valence-electron chi connectivity index (χ1n) is 6.46. The highest BCUT2D eigenvalue weighted by Gasteiger charge is 2.14. The number of rotatable bonds is 6. The zero-order valence-corrected chi connectivity index (χ0v) is 12.7. The van der Waals surface area contributed by atoms with Crippen LogP contribution in [0.3, 0.4) is 0 Å². The molecule has 0 saturated heterocycles. The van der Waals surface area contributed by atoms with Crippen LogP contribution < -0.4 is 0 Å². The molecule has 0 aliphatic heterocycles. The normalized spacial score (nSPS) is 10.2. The van der Waals surface area contributed by atoms with Crippen molar-refractivity contribution in [3.8, 4) is 0 Å². The van der Waals surface area contributed by atoms with Gasteiger partial charge in [-0.3, -0.25) is 9.59 Å². The van der Waals surface area contributed by atoms with E-state index in [1.165, 1.54) is 7.11 Å². The SMILES string of the molecule is CCc1cc(C(=O)N(C)CCCC(=O)OC)cc(Cl)n1. The van der Waals surface area contributed by atoms with E-state index in [9.17, 15) is 9.59 Å². The Hall–Kier alpha value is -1.62. The number of hydrogen-bond donors (Lipinski definition) is 0. The molecule has 0 aliphatic carbocycles. The number of esters is 1. The van der Waals surface area contributed by atoms with Gasteiger partial charge >= 0.3 is 5.97 Å². The number of pyridine rings is 1. The highest BCUT2D eigenvalue weighted by molar-refractivity contribution is 6.29. The van der Waals surface area contributed by atoms with Gasteiger partial charge in [-0.05, 0) is 25.0 Å². The largest absolute Gasteiger partial charge is 0.469 e. The van der Waals surface area contributed by atoms with E-state index in [1.807, 2.05) is 6.92 Å². The van der Waals surface area contributed by atoms with E-state index in [1.54, 1.807) is 24.1 Å². The molecule has 0 aromatic carbocycles. The molecule has 0 fully saturated rings. The first kappa shape index (κ1) is 16.4. The number of nitrogens with zero attached hydrogens (tertiary/aromatic N) is 2. The number of aryl methyl sites for hydroxylation is 1. The van der Waals surface area contributed by atoms with Gasteiger partial charge in [-0.1, -0.05) is 18.5 Å². The van der Waals surface area contributed by atoms with E-state index in [0.29, 0.717) is 36.5 Å². The summed E-state index contributed by atoms with van der Waals surface area (Å²) in [5.41, 5.74) is 1.30. The Labute approximate surface area is 123 Å². The van der Waals surface area contributed by atoms with Crippen LogP contribution in [0.5, 0.6) is 0 Å². The van der Waals surface area contributed by atoms with Crippen LogP contribution in [0.15, 0.2) is 12.1 Å². The van der Waals surface area contributed by atoms with Crippen molar-refractivity contribution in [3.63, 3.8) is 0 Å². The van der Waals surface area contributed by atoms with Crippen LogP contribution in [0.2, 0.25) is 5.15 Å². The topological polar surface area (TPSA) is 59.5 Å². The number of ether oxygens (including phenoxy) is 1. The number of carbonyl (C=O) groups excluding carboxylic acids is 2. The van der Waals surface area contributed by atoms with Gasteiger partial charge in [0.05, 0.1) is 7.11 Å². The molecular weight excluding hydrogens is 280 g/mol. The minimum Gasteiger partial charge on any atom is -0.469 e. The first-order chi connectivity index (χ1) is 9.47. The van der Waals surface area contributed by atoms with E-state index in [0.717, 1.165) is 5.69 Å². The van der Waals surface area contributed by atoms with Gasteiger partial charge in [0.25, 0.3) is 5.91 Å². The summed E-state index contributed by atoms with van der Waals surface area (Å²) in [7, 11) is 3.04. The molecule has 1 rings (SSSR count). The summed E-state index contributed by atoms with van der Waals surface area (Å²) in [6, 6.07) is 3.30. The maximum atomic E-state index is 12.2. The van der Waals surface area contributed by atoms with E-state index in [4.69, 9.17) is 11.6 Å². The molecule has 0 N–H and O–H groups in total. The van der Waals surface area contributed by atoms with Crippen molar-refractivity contribution >= 4 is 23.5 Å². The number of hydrogen-bond acceptors (Lipinski definition) is 4. The van der Waals surface area contributed by atoms with Crippen LogP contribution in [0.25, 0.3) is 0 Å². The Balaban J connectivity index is 2.64. The Kier molecular flexibility index (Phi) is 6.45. The zero-order valence-electron chi connectivity index (χ0n) is 12.0. The predicted octanol–water partition coefficient (Wildman–Crippen LogP) is 2.32. The minimum absolute atomic E-state index is 0.131. The predicted molar refractivity (Wildman–Crippen MR) is 76.8 cm³/mol. The third-order valence-electron chi connectivity index (χ3n) is 2.91. The van der Waals surface area contributed by atoms with Crippen LogP contribution in [0.4, 0.5) is 0 Å². The molecule has 0 spiro atoms. The Morgan fingerprint density at radius 1 is 1.40 bits per heavy atom. The molecular formula is C14H19ClN2O3. The molecule has 0 atom stereocenters. The van der Waals surface area contributed by atoms with Crippen LogP contribution in [-0.4, -0.2) is 42.5 Å². The van der Waals surface area contributed by atoms with Gasteiger partial charge in [0.15, 0.2) is 0 Å². The molecule has 0 bridgehead atoms.